The molecule has 2 aliphatic rings. The number of ether oxygens (including phenoxy) is 1. The fourth-order valence-corrected chi connectivity index (χ4v) is 5.61. The molecule has 1 fully saturated rings. The SMILES string of the molecule is CNCCNC1CCN(c2ccc(Nc3ncc(Cl)c(Nc4cccc5c4N(C(=O)N(C)C)CC5)n3)c(OC)c2)CC1. The number of nitrogens with zero attached hydrogens (tertiary/aromatic N) is 5. The molecule has 0 spiro atoms. The lowest BCUT2D eigenvalue weighted by Gasteiger charge is -2.34. The summed E-state index contributed by atoms with van der Waals surface area (Å²) in [6.45, 7) is 4.57. The van der Waals surface area contributed by atoms with Crippen LogP contribution >= 0.6 is 11.6 Å². The first-order valence-electron chi connectivity index (χ1n) is 14.4. The summed E-state index contributed by atoms with van der Waals surface area (Å²) in [4.78, 5) is 27.6. The molecule has 0 atom stereocenters. The van der Waals surface area contributed by atoms with Gasteiger partial charge in [0.2, 0.25) is 5.95 Å². The van der Waals surface area contributed by atoms with E-state index in [1.807, 2.05) is 31.3 Å². The van der Waals surface area contributed by atoms with Crippen LogP contribution in [0.15, 0.2) is 42.6 Å². The van der Waals surface area contributed by atoms with E-state index in [-0.39, 0.29) is 6.03 Å². The fraction of sp³-hybridized carbons (Fsp3) is 0.433. The van der Waals surface area contributed by atoms with Crippen LogP contribution in [0.3, 0.4) is 0 Å². The molecule has 0 bridgehead atoms. The number of hydrogen-bond donors (Lipinski definition) is 4. The monoisotopic (exact) mass is 593 g/mol. The summed E-state index contributed by atoms with van der Waals surface area (Å²) in [5.74, 6) is 1.51. The van der Waals surface area contributed by atoms with Gasteiger partial charge in [0.15, 0.2) is 5.82 Å². The van der Waals surface area contributed by atoms with E-state index in [4.69, 9.17) is 16.3 Å². The highest BCUT2D eigenvalue weighted by molar-refractivity contribution is 6.33. The van der Waals surface area contributed by atoms with E-state index in [9.17, 15) is 4.79 Å². The molecule has 0 aliphatic carbocycles. The normalized spacial score (nSPS) is 15.0. The summed E-state index contributed by atoms with van der Waals surface area (Å²) in [6, 6.07) is 12.6. The first-order chi connectivity index (χ1) is 20.4. The van der Waals surface area contributed by atoms with Gasteiger partial charge in [-0.05, 0) is 50.1 Å². The van der Waals surface area contributed by atoms with Gasteiger partial charge in [-0.3, -0.25) is 4.90 Å². The predicted molar refractivity (Wildman–Crippen MR) is 170 cm³/mol. The number of aromatic nitrogens is 2. The zero-order chi connectivity index (χ0) is 29.6. The Morgan fingerprint density at radius 3 is 2.64 bits per heavy atom. The highest BCUT2D eigenvalue weighted by Gasteiger charge is 2.29. The van der Waals surface area contributed by atoms with Gasteiger partial charge in [0.25, 0.3) is 0 Å². The highest BCUT2D eigenvalue weighted by atomic mass is 35.5. The second kappa shape index (κ2) is 13.5. The van der Waals surface area contributed by atoms with Crippen molar-refractivity contribution < 1.29 is 9.53 Å². The maximum atomic E-state index is 12.8. The Morgan fingerprint density at radius 2 is 1.90 bits per heavy atom. The molecule has 3 aromatic rings. The molecule has 11 nitrogen and oxygen atoms in total. The second-order valence-corrected chi connectivity index (χ2v) is 11.1. The number of benzene rings is 2. The van der Waals surface area contributed by atoms with E-state index >= 15 is 0 Å². The van der Waals surface area contributed by atoms with Gasteiger partial charge >= 0.3 is 6.03 Å². The molecular formula is C30H40ClN9O2. The summed E-state index contributed by atoms with van der Waals surface area (Å²) < 4.78 is 5.74. The number of carbonyl (C=O) groups is 1. The lowest BCUT2D eigenvalue weighted by molar-refractivity contribution is 0.224. The van der Waals surface area contributed by atoms with Crippen LogP contribution in [0, 0.1) is 0 Å². The minimum atomic E-state index is -0.0692. The smallest absolute Gasteiger partial charge is 0.324 e. The predicted octanol–water partition coefficient (Wildman–Crippen LogP) is 4.45. The molecule has 0 radical (unpaired) electrons. The first kappa shape index (κ1) is 29.7. The minimum absolute atomic E-state index is 0.0692. The molecule has 2 aromatic carbocycles. The van der Waals surface area contributed by atoms with Crippen LogP contribution < -0.4 is 35.8 Å². The van der Waals surface area contributed by atoms with E-state index in [1.54, 1.807) is 37.2 Å². The molecule has 0 unspecified atom stereocenters. The molecule has 5 rings (SSSR count). The standard InChI is InChI=1S/C30H40ClN9O2/c1-32-13-14-33-21-11-15-39(16-12-21)22-8-9-24(26(18-22)42-4)36-29-34-19-23(31)28(37-29)35-25-7-5-6-20-10-17-40(27(20)25)30(41)38(2)3/h5-9,18-19,21,32-33H,10-17H2,1-4H3,(H2,34,35,36,37). The average molecular weight is 594 g/mol. The fourth-order valence-electron chi connectivity index (χ4n) is 5.48. The molecule has 1 saturated heterocycles. The summed E-state index contributed by atoms with van der Waals surface area (Å²) in [6.07, 6.45) is 4.55. The first-order valence-corrected chi connectivity index (χ1v) is 14.7. The molecule has 42 heavy (non-hydrogen) atoms. The number of hydrogen-bond acceptors (Lipinski definition) is 9. The van der Waals surface area contributed by atoms with Crippen LogP contribution in [0.2, 0.25) is 5.02 Å². The number of anilines is 6. The molecule has 4 N–H and O–H groups in total. The number of halogens is 1. The van der Waals surface area contributed by atoms with Gasteiger partial charge in [-0.25, -0.2) is 9.78 Å². The molecule has 2 aliphatic heterocycles. The van der Waals surface area contributed by atoms with Gasteiger partial charge in [-0.1, -0.05) is 23.7 Å². The number of piperidine rings is 1. The van der Waals surface area contributed by atoms with Crippen molar-refractivity contribution in [2.24, 2.45) is 0 Å². The summed E-state index contributed by atoms with van der Waals surface area (Å²) >= 11 is 6.52. The molecule has 12 heteroatoms. The average Bonchev–Trinajstić information content (AvgIpc) is 3.44. The summed E-state index contributed by atoms with van der Waals surface area (Å²) in [5.41, 5.74) is 4.57. The van der Waals surface area contributed by atoms with Crippen LogP contribution in [0.5, 0.6) is 5.75 Å². The Labute approximate surface area is 252 Å². The lowest BCUT2D eigenvalue weighted by atomic mass is 10.0. The third-order valence-corrected chi connectivity index (χ3v) is 7.98. The van der Waals surface area contributed by atoms with Crippen LogP contribution in [0.25, 0.3) is 0 Å². The molecule has 2 amide bonds. The Morgan fingerprint density at radius 1 is 1.10 bits per heavy atom. The largest absolute Gasteiger partial charge is 0.494 e. The van der Waals surface area contributed by atoms with Crippen LogP contribution in [-0.4, -0.2) is 87.9 Å². The number of amides is 2. The maximum Gasteiger partial charge on any atom is 0.324 e. The van der Waals surface area contributed by atoms with Crippen molar-refractivity contribution in [3.05, 3.63) is 53.2 Å². The Kier molecular flexibility index (Phi) is 9.51. The second-order valence-electron chi connectivity index (χ2n) is 10.7. The number of carbonyl (C=O) groups excluding carboxylic acids is 1. The van der Waals surface area contributed by atoms with E-state index < -0.39 is 0 Å². The Balaban J connectivity index is 1.30. The van der Waals surface area contributed by atoms with E-state index in [2.05, 4.69) is 48.3 Å². The van der Waals surface area contributed by atoms with Crippen LogP contribution in [0.1, 0.15) is 18.4 Å². The molecule has 0 saturated carbocycles. The van der Waals surface area contributed by atoms with Crippen molar-refractivity contribution in [3.8, 4) is 5.75 Å². The summed E-state index contributed by atoms with van der Waals surface area (Å²) in [5, 5.41) is 13.8. The molecule has 3 heterocycles. The zero-order valence-electron chi connectivity index (χ0n) is 24.7. The third-order valence-electron chi connectivity index (χ3n) is 7.70. The topological polar surface area (TPSA) is 110 Å². The Hall–Kier alpha value is -3.80. The van der Waals surface area contributed by atoms with E-state index in [0.29, 0.717) is 35.1 Å². The third kappa shape index (κ3) is 6.64. The highest BCUT2D eigenvalue weighted by Crippen LogP contribution is 2.39. The van der Waals surface area contributed by atoms with Crippen molar-refractivity contribution in [2.45, 2.75) is 25.3 Å². The van der Waals surface area contributed by atoms with Crippen molar-refractivity contribution in [1.82, 2.24) is 25.5 Å². The van der Waals surface area contributed by atoms with Gasteiger partial charge < -0.3 is 35.8 Å². The Bertz CT molecular complexity index is 1400. The van der Waals surface area contributed by atoms with Gasteiger partial charge in [-0.15, -0.1) is 0 Å². The van der Waals surface area contributed by atoms with Gasteiger partial charge in [0.1, 0.15) is 10.8 Å². The number of methoxy groups -OCH3 is 1. The van der Waals surface area contributed by atoms with Gasteiger partial charge in [0, 0.05) is 64.6 Å². The summed E-state index contributed by atoms with van der Waals surface area (Å²) in [7, 11) is 7.14. The number of fused-ring (bicyclic) bond motifs is 1. The maximum absolute atomic E-state index is 12.8. The van der Waals surface area contributed by atoms with Crippen molar-refractivity contribution in [2.75, 3.05) is 81.4 Å². The van der Waals surface area contributed by atoms with Crippen molar-refractivity contribution in [1.29, 1.82) is 0 Å². The number of nitrogens with one attached hydrogen (secondary N) is 4. The number of likely N-dealkylation sites (N-methyl/N-ethyl adjacent to an activating group) is 1. The molecule has 1 aromatic heterocycles. The van der Waals surface area contributed by atoms with Crippen LogP contribution in [0.4, 0.5) is 39.3 Å². The number of urea groups is 1. The molecular weight excluding hydrogens is 554 g/mol. The quantitative estimate of drug-likeness (QED) is 0.253. The zero-order valence-corrected chi connectivity index (χ0v) is 25.5. The number of rotatable bonds is 10. The molecule has 224 valence electrons. The number of para-hydroxylation sites is 1. The van der Waals surface area contributed by atoms with E-state index in [0.717, 1.165) is 73.8 Å². The lowest BCUT2D eigenvalue weighted by Crippen LogP contribution is -2.44. The van der Waals surface area contributed by atoms with Gasteiger partial charge in [-0.2, -0.15) is 4.98 Å². The van der Waals surface area contributed by atoms with E-state index in [1.165, 1.54) is 0 Å². The minimum Gasteiger partial charge on any atom is -0.494 e. The van der Waals surface area contributed by atoms with Crippen molar-refractivity contribution >= 4 is 52.1 Å². The van der Waals surface area contributed by atoms with Crippen molar-refractivity contribution in [3.63, 3.8) is 0 Å². The van der Waals surface area contributed by atoms with Crippen LogP contribution in [-0.2, 0) is 6.42 Å². The van der Waals surface area contributed by atoms with Gasteiger partial charge in [0.05, 0.1) is 30.4 Å².